The van der Waals surface area contributed by atoms with Crippen molar-refractivity contribution in [1.29, 1.82) is 0 Å². The molecule has 0 aliphatic rings. The predicted molar refractivity (Wildman–Crippen MR) is 124 cm³/mol. The van der Waals surface area contributed by atoms with Crippen molar-refractivity contribution >= 4 is 52.0 Å². The highest BCUT2D eigenvalue weighted by molar-refractivity contribution is 7.13. The van der Waals surface area contributed by atoms with E-state index in [4.69, 9.17) is 23.2 Å². The molecule has 0 bridgehead atoms. The molecule has 0 aliphatic heterocycles. The molecule has 0 saturated carbocycles. The number of thiophene rings is 1. The van der Waals surface area contributed by atoms with Crippen LogP contribution in [0, 0.1) is 0 Å². The fourth-order valence-corrected chi connectivity index (χ4v) is 3.91. The van der Waals surface area contributed by atoms with Gasteiger partial charge in [-0.2, -0.15) is 5.10 Å². The van der Waals surface area contributed by atoms with Gasteiger partial charge in [0.2, 0.25) is 5.91 Å². The molecule has 2 aromatic heterocycles. The minimum absolute atomic E-state index is 0.240. The van der Waals surface area contributed by atoms with Crippen molar-refractivity contribution in [3.05, 3.63) is 87.8 Å². The molecule has 4 aromatic rings. The minimum Gasteiger partial charge on any atom is -0.342 e. The standard InChI is InChI=1S/C22H16Cl2N4O2S/c23-14-8-9-16(24)17(11-14)26-21(29)13-25-22(30)19-12-18(20-7-4-10-31-20)27-28(19)15-5-2-1-3-6-15/h1-12H,13H2,(H,25,30)(H,26,29). The Bertz CT molecular complexity index is 1220. The van der Waals surface area contributed by atoms with Crippen molar-refractivity contribution in [3.63, 3.8) is 0 Å². The number of carbonyl (C=O) groups excluding carboxylic acids is 2. The van der Waals surface area contributed by atoms with Gasteiger partial charge in [-0.25, -0.2) is 4.68 Å². The van der Waals surface area contributed by atoms with Gasteiger partial charge in [0.05, 0.1) is 27.8 Å². The number of amides is 2. The highest BCUT2D eigenvalue weighted by Gasteiger charge is 2.19. The molecule has 156 valence electrons. The molecule has 0 unspecified atom stereocenters. The Hall–Kier alpha value is -3.13. The summed E-state index contributed by atoms with van der Waals surface area (Å²) in [5, 5.41) is 12.6. The second-order valence-electron chi connectivity index (χ2n) is 6.49. The summed E-state index contributed by atoms with van der Waals surface area (Å²) in [5.74, 6) is -0.853. The van der Waals surface area contributed by atoms with E-state index in [0.717, 1.165) is 10.6 Å². The molecular weight excluding hydrogens is 455 g/mol. The Morgan fingerprint density at radius 2 is 1.81 bits per heavy atom. The summed E-state index contributed by atoms with van der Waals surface area (Å²) in [7, 11) is 0. The summed E-state index contributed by atoms with van der Waals surface area (Å²) in [5.41, 5.74) is 2.12. The van der Waals surface area contributed by atoms with Gasteiger partial charge in [0, 0.05) is 5.02 Å². The van der Waals surface area contributed by atoms with E-state index in [1.165, 1.54) is 11.3 Å². The number of benzene rings is 2. The predicted octanol–water partition coefficient (Wildman–Crippen LogP) is 5.28. The molecule has 0 radical (unpaired) electrons. The fourth-order valence-electron chi connectivity index (χ4n) is 2.89. The molecule has 4 rings (SSSR count). The summed E-state index contributed by atoms with van der Waals surface area (Å²) in [6.07, 6.45) is 0. The van der Waals surface area contributed by atoms with Crippen LogP contribution in [0.1, 0.15) is 10.5 Å². The normalized spacial score (nSPS) is 10.6. The van der Waals surface area contributed by atoms with Crippen molar-refractivity contribution in [3.8, 4) is 16.3 Å². The summed E-state index contributed by atoms with van der Waals surface area (Å²) >= 11 is 13.5. The van der Waals surface area contributed by atoms with Crippen LogP contribution in [0.4, 0.5) is 5.69 Å². The van der Waals surface area contributed by atoms with Gasteiger partial charge < -0.3 is 10.6 Å². The quantitative estimate of drug-likeness (QED) is 0.402. The third-order valence-electron chi connectivity index (χ3n) is 4.33. The average Bonchev–Trinajstić information content (AvgIpc) is 3.45. The third kappa shape index (κ3) is 4.96. The Kier molecular flexibility index (Phi) is 6.36. The molecule has 0 spiro atoms. The van der Waals surface area contributed by atoms with Crippen LogP contribution in [-0.4, -0.2) is 28.1 Å². The molecule has 2 aromatic carbocycles. The lowest BCUT2D eigenvalue weighted by Gasteiger charge is -2.10. The SMILES string of the molecule is O=C(CNC(=O)c1cc(-c2cccs2)nn1-c1ccccc1)Nc1cc(Cl)ccc1Cl. The molecular formula is C22H16Cl2N4O2S. The van der Waals surface area contributed by atoms with Crippen molar-refractivity contribution < 1.29 is 9.59 Å². The molecule has 0 aliphatic carbocycles. The fraction of sp³-hybridized carbons (Fsp3) is 0.0455. The molecule has 2 N–H and O–H groups in total. The van der Waals surface area contributed by atoms with E-state index in [9.17, 15) is 9.59 Å². The lowest BCUT2D eigenvalue weighted by atomic mass is 10.2. The third-order valence-corrected chi connectivity index (χ3v) is 5.79. The number of nitrogens with zero attached hydrogens (tertiary/aromatic N) is 2. The molecule has 0 atom stereocenters. The van der Waals surface area contributed by atoms with Gasteiger partial charge in [0.25, 0.3) is 5.91 Å². The summed E-state index contributed by atoms with van der Waals surface area (Å²) < 4.78 is 1.57. The number of hydrogen-bond acceptors (Lipinski definition) is 4. The number of hydrogen-bond donors (Lipinski definition) is 2. The lowest BCUT2D eigenvalue weighted by molar-refractivity contribution is -0.115. The van der Waals surface area contributed by atoms with E-state index in [0.29, 0.717) is 27.1 Å². The van der Waals surface area contributed by atoms with E-state index in [-0.39, 0.29) is 6.54 Å². The Morgan fingerprint density at radius 1 is 1.00 bits per heavy atom. The van der Waals surface area contributed by atoms with Crippen molar-refractivity contribution in [1.82, 2.24) is 15.1 Å². The summed E-state index contributed by atoms with van der Waals surface area (Å²) in [6, 6.07) is 19.7. The number of anilines is 1. The van der Waals surface area contributed by atoms with Crippen LogP contribution in [0.25, 0.3) is 16.3 Å². The molecule has 6 nitrogen and oxygen atoms in total. The molecule has 0 fully saturated rings. The smallest absolute Gasteiger partial charge is 0.270 e. The Balaban J connectivity index is 1.52. The number of rotatable bonds is 6. The Morgan fingerprint density at radius 3 is 2.55 bits per heavy atom. The maximum atomic E-state index is 12.9. The first-order valence-electron chi connectivity index (χ1n) is 9.24. The zero-order valence-corrected chi connectivity index (χ0v) is 18.3. The molecule has 9 heteroatoms. The second kappa shape index (κ2) is 9.34. The van der Waals surface area contributed by atoms with Crippen LogP contribution in [0.3, 0.4) is 0 Å². The largest absolute Gasteiger partial charge is 0.342 e. The monoisotopic (exact) mass is 470 g/mol. The zero-order valence-electron chi connectivity index (χ0n) is 16.0. The van der Waals surface area contributed by atoms with Gasteiger partial charge >= 0.3 is 0 Å². The minimum atomic E-state index is -0.429. The average molecular weight is 471 g/mol. The molecule has 2 amide bonds. The van der Waals surface area contributed by atoms with Crippen LogP contribution in [-0.2, 0) is 4.79 Å². The van der Waals surface area contributed by atoms with Gasteiger partial charge in [-0.15, -0.1) is 11.3 Å². The van der Waals surface area contributed by atoms with Crippen molar-refractivity contribution in [2.24, 2.45) is 0 Å². The first-order chi connectivity index (χ1) is 15.0. The van der Waals surface area contributed by atoms with Gasteiger partial charge in [0.15, 0.2) is 0 Å². The lowest BCUT2D eigenvalue weighted by Crippen LogP contribution is -2.34. The van der Waals surface area contributed by atoms with Gasteiger partial charge in [-0.1, -0.05) is 47.5 Å². The van der Waals surface area contributed by atoms with Crippen LogP contribution in [0.5, 0.6) is 0 Å². The van der Waals surface area contributed by atoms with E-state index in [1.54, 1.807) is 28.9 Å². The van der Waals surface area contributed by atoms with Crippen LogP contribution in [0.15, 0.2) is 72.1 Å². The molecule has 2 heterocycles. The Labute approximate surface area is 192 Å². The van der Waals surface area contributed by atoms with E-state index in [2.05, 4.69) is 15.7 Å². The van der Waals surface area contributed by atoms with Gasteiger partial charge in [-0.3, -0.25) is 9.59 Å². The van der Waals surface area contributed by atoms with E-state index >= 15 is 0 Å². The number of halogens is 2. The molecule has 31 heavy (non-hydrogen) atoms. The van der Waals surface area contributed by atoms with Gasteiger partial charge in [-0.05, 0) is 47.8 Å². The first-order valence-corrected chi connectivity index (χ1v) is 10.9. The summed E-state index contributed by atoms with van der Waals surface area (Å²) in [6.45, 7) is -0.240. The van der Waals surface area contributed by atoms with Crippen LogP contribution in [0.2, 0.25) is 10.0 Å². The maximum absolute atomic E-state index is 12.9. The molecule has 0 saturated heterocycles. The second-order valence-corrected chi connectivity index (χ2v) is 8.29. The highest BCUT2D eigenvalue weighted by Crippen LogP contribution is 2.26. The van der Waals surface area contributed by atoms with Crippen LogP contribution >= 0.6 is 34.5 Å². The van der Waals surface area contributed by atoms with Crippen LogP contribution < -0.4 is 10.6 Å². The van der Waals surface area contributed by atoms with E-state index < -0.39 is 11.8 Å². The zero-order chi connectivity index (χ0) is 21.8. The number of nitrogens with one attached hydrogen (secondary N) is 2. The summed E-state index contributed by atoms with van der Waals surface area (Å²) in [4.78, 5) is 26.2. The van der Waals surface area contributed by atoms with Crippen molar-refractivity contribution in [2.45, 2.75) is 0 Å². The maximum Gasteiger partial charge on any atom is 0.270 e. The highest BCUT2D eigenvalue weighted by atomic mass is 35.5. The number of para-hydroxylation sites is 1. The topological polar surface area (TPSA) is 76.0 Å². The number of aromatic nitrogens is 2. The van der Waals surface area contributed by atoms with Crippen molar-refractivity contribution in [2.75, 3.05) is 11.9 Å². The van der Waals surface area contributed by atoms with E-state index in [1.807, 2.05) is 47.8 Å². The van der Waals surface area contributed by atoms with Gasteiger partial charge in [0.1, 0.15) is 11.4 Å². The first kappa shape index (κ1) is 21.1. The number of carbonyl (C=O) groups is 2.